The average molecular weight is 256 g/mol. The Bertz CT molecular complexity index is 294. The van der Waals surface area contributed by atoms with Crippen molar-refractivity contribution in [2.75, 3.05) is 13.1 Å². The molecule has 0 aliphatic carbocycles. The molecule has 0 saturated heterocycles. The number of halogens is 1. The largest absolute Gasteiger partial charge is 0.316 e. The van der Waals surface area contributed by atoms with Crippen LogP contribution >= 0.6 is 15.9 Å². The van der Waals surface area contributed by atoms with Gasteiger partial charge in [0, 0.05) is 16.4 Å². The van der Waals surface area contributed by atoms with Gasteiger partial charge in [-0.05, 0) is 18.2 Å². The van der Waals surface area contributed by atoms with E-state index in [0.29, 0.717) is 0 Å². The normalized spacial score (nSPS) is 11.7. The van der Waals surface area contributed by atoms with Crippen molar-refractivity contribution in [1.82, 2.24) is 5.32 Å². The molecule has 0 atom stereocenters. The van der Waals surface area contributed by atoms with Gasteiger partial charge in [0.1, 0.15) is 0 Å². The van der Waals surface area contributed by atoms with Crippen molar-refractivity contribution >= 4 is 15.9 Å². The third-order valence-electron chi connectivity index (χ3n) is 2.42. The van der Waals surface area contributed by atoms with Gasteiger partial charge in [-0.15, -0.1) is 0 Å². The van der Waals surface area contributed by atoms with Crippen molar-refractivity contribution in [3.05, 3.63) is 34.3 Å². The highest BCUT2D eigenvalue weighted by Gasteiger charge is 2.21. The molecule has 0 amide bonds. The lowest BCUT2D eigenvalue weighted by Gasteiger charge is -2.26. The molecule has 0 spiro atoms. The quantitative estimate of drug-likeness (QED) is 0.871. The third kappa shape index (κ3) is 2.82. The van der Waals surface area contributed by atoms with Gasteiger partial charge in [0.15, 0.2) is 0 Å². The highest BCUT2D eigenvalue weighted by atomic mass is 79.9. The molecule has 1 aromatic carbocycles. The second-order valence-electron chi connectivity index (χ2n) is 4.14. The van der Waals surface area contributed by atoms with Crippen LogP contribution in [-0.2, 0) is 5.41 Å². The molecule has 1 aromatic rings. The van der Waals surface area contributed by atoms with Crippen molar-refractivity contribution in [3.8, 4) is 0 Å². The number of hydrogen-bond acceptors (Lipinski definition) is 1. The zero-order chi connectivity index (χ0) is 10.6. The predicted molar refractivity (Wildman–Crippen MR) is 65.7 cm³/mol. The van der Waals surface area contributed by atoms with Crippen LogP contribution in [0.1, 0.15) is 26.3 Å². The SMILES string of the molecule is CCNCC(C)(C)c1ccccc1Br. The van der Waals surface area contributed by atoms with E-state index in [1.807, 2.05) is 0 Å². The summed E-state index contributed by atoms with van der Waals surface area (Å²) in [7, 11) is 0. The van der Waals surface area contributed by atoms with E-state index in [4.69, 9.17) is 0 Å². The molecule has 78 valence electrons. The summed E-state index contributed by atoms with van der Waals surface area (Å²) in [6.45, 7) is 8.68. The Morgan fingerprint density at radius 1 is 1.29 bits per heavy atom. The minimum Gasteiger partial charge on any atom is -0.316 e. The van der Waals surface area contributed by atoms with Gasteiger partial charge in [-0.25, -0.2) is 0 Å². The maximum atomic E-state index is 3.60. The fourth-order valence-corrected chi connectivity index (χ4v) is 2.36. The number of hydrogen-bond donors (Lipinski definition) is 1. The van der Waals surface area contributed by atoms with Crippen LogP contribution in [0.5, 0.6) is 0 Å². The fourth-order valence-electron chi connectivity index (χ4n) is 1.54. The third-order valence-corrected chi connectivity index (χ3v) is 3.11. The van der Waals surface area contributed by atoms with Crippen molar-refractivity contribution in [3.63, 3.8) is 0 Å². The molecule has 0 aliphatic heterocycles. The van der Waals surface area contributed by atoms with Crippen LogP contribution in [0.25, 0.3) is 0 Å². The number of nitrogens with one attached hydrogen (secondary N) is 1. The molecule has 2 heteroatoms. The van der Waals surface area contributed by atoms with Gasteiger partial charge in [0.25, 0.3) is 0 Å². The lowest BCUT2D eigenvalue weighted by atomic mass is 9.84. The van der Waals surface area contributed by atoms with Gasteiger partial charge in [0.2, 0.25) is 0 Å². The standard InChI is InChI=1S/C12H18BrN/c1-4-14-9-12(2,3)10-7-5-6-8-11(10)13/h5-8,14H,4,9H2,1-3H3. The van der Waals surface area contributed by atoms with E-state index in [9.17, 15) is 0 Å². The Labute approximate surface area is 95.0 Å². The van der Waals surface area contributed by atoms with E-state index >= 15 is 0 Å². The monoisotopic (exact) mass is 255 g/mol. The zero-order valence-corrected chi connectivity index (χ0v) is 10.7. The van der Waals surface area contributed by atoms with E-state index in [0.717, 1.165) is 13.1 Å². The first-order valence-electron chi connectivity index (χ1n) is 5.03. The molecule has 0 unspecified atom stereocenters. The van der Waals surface area contributed by atoms with Gasteiger partial charge in [-0.1, -0.05) is 54.9 Å². The summed E-state index contributed by atoms with van der Waals surface area (Å²) in [6, 6.07) is 8.43. The molecule has 1 rings (SSSR count). The Balaban J connectivity index is 2.86. The molecule has 0 bridgehead atoms. The summed E-state index contributed by atoms with van der Waals surface area (Å²) >= 11 is 3.60. The first-order chi connectivity index (χ1) is 6.58. The summed E-state index contributed by atoms with van der Waals surface area (Å²) in [5, 5.41) is 3.39. The minimum atomic E-state index is 0.177. The average Bonchev–Trinajstić information content (AvgIpc) is 2.15. The molecule has 1 N–H and O–H groups in total. The Morgan fingerprint density at radius 3 is 2.50 bits per heavy atom. The summed E-state index contributed by atoms with van der Waals surface area (Å²) in [5.74, 6) is 0. The van der Waals surface area contributed by atoms with Gasteiger partial charge in [0.05, 0.1) is 0 Å². The van der Waals surface area contributed by atoms with Crippen LogP contribution < -0.4 is 5.32 Å². The number of benzene rings is 1. The molecular weight excluding hydrogens is 238 g/mol. The van der Waals surface area contributed by atoms with Gasteiger partial charge >= 0.3 is 0 Å². The van der Waals surface area contributed by atoms with Crippen LogP contribution in [0.3, 0.4) is 0 Å². The lowest BCUT2D eigenvalue weighted by molar-refractivity contribution is 0.476. The highest BCUT2D eigenvalue weighted by Crippen LogP contribution is 2.29. The molecule has 0 aromatic heterocycles. The zero-order valence-electron chi connectivity index (χ0n) is 9.10. The molecule has 0 heterocycles. The van der Waals surface area contributed by atoms with Crippen LogP contribution in [-0.4, -0.2) is 13.1 Å². The smallest absolute Gasteiger partial charge is 0.0213 e. The molecule has 1 nitrogen and oxygen atoms in total. The second kappa shape index (κ2) is 4.94. The maximum absolute atomic E-state index is 3.60. The van der Waals surface area contributed by atoms with Crippen LogP contribution in [0, 0.1) is 0 Å². The summed E-state index contributed by atoms with van der Waals surface area (Å²) < 4.78 is 1.20. The Kier molecular flexibility index (Phi) is 4.14. The van der Waals surface area contributed by atoms with E-state index < -0.39 is 0 Å². The van der Waals surface area contributed by atoms with Crippen molar-refractivity contribution in [2.24, 2.45) is 0 Å². The molecule has 14 heavy (non-hydrogen) atoms. The number of rotatable bonds is 4. The van der Waals surface area contributed by atoms with Crippen LogP contribution in [0.15, 0.2) is 28.7 Å². The summed E-state index contributed by atoms with van der Waals surface area (Å²) in [6.07, 6.45) is 0. The second-order valence-corrected chi connectivity index (χ2v) is 5.00. The summed E-state index contributed by atoms with van der Waals surface area (Å²) in [5.41, 5.74) is 1.54. The van der Waals surface area contributed by atoms with E-state index in [-0.39, 0.29) is 5.41 Å². The van der Waals surface area contributed by atoms with Gasteiger partial charge in [-0.3, -0.25) is 0 Å². The van der Waals surface area contributed by atoms with Crippen molar-refractivity contribution < 1.29 is 0 Å². The van der Waals surface area contributed by atoms with Gasteiger partial charge < -0.3 is 5.32 Å². The molecule has 0 saturated carbocycles. The number of likely N-dealkylation sites (N-methyl/N-ethyl adjacent to an activating group) is 1. The molecular formula is C12H18BrN. The van der Waals surface area contributed by atoms with Crippen LogP contribution in [0.2, 0.25) is 0 Å². The van der Waals surface area contributed by atoms with Crippen molar-refractivity contribution in [2.45, 2.75) is 26.2 Å². The minimum absolute atomic E-state index is 0.177. The van der Waals surface area contributed by atoms with Crippen molar-refractivity contribution in [1.29, 1.82) is 0 Å². The van der Waals surface area contributed by atoms with Gasteiger partial charge in [-0.2, -0.15) is 0 Å². The molecule has 0 fully saturated rings. The van der Waals surface area contributed by atoms with E-state index in [2.05, 4.69) is 66.3 Å². The highest BCUT2D eigenvalue weighted by molar-refractivity contribution is 9.10. The predicted octanol–water partition coefficient (Wildman–Crippen LogP) is 3.34. The lowest BCUT2D eigenvalue weighted by Crippen LogP contribution is -2.33. The first-order valence-corrected chi connectivity index (χ1v) is 5.83. The topological polar surface area (TPSA) is 12.0 Å². The molecule has 0 aliphatic rings. The van der Waals surface area contributed by atoms with E-state index in [1.54, 1.807) is 0 Å². The van der Waals surface area contributed by atoms with E-state index in [1.165, 1.54) is 10.0 Å². The van der Waals surface area contributed by atoms with Crippen LogP contribution in [0.4, 0.5) is 0 Å². The summed E-state index contributed by atoms with van der Waals surface area (Å²) in [4.78, 5) is 0. The first kappa shape index (κ1) is 11.7. The maximum Gasteiger partial charge on any atom is 0.0213 e. The Hall–Kier alpha value is -0.340. The fraction of sp³-hybridized carbons (Fsp3) is 0.500. The Morgan fingerprint density at radius 2 is 1.93 bits per heavy atom. The molecule has 0 radical (unpaired) electrons.